The minimum Gasteiger partial charge on any atom is -0.456 e. The number of amides is 1. The van der Waals surface area contributed by atoms with Crippen LogP contribution in [0.4, 0.5) is 5.69 Å². The predicted molar refractivity (Wildman–Crippen MR) is 142 cm³/mol. The van der Waals surface area contributed by atoms with Crippen molar-refractivity contribution >= 4 is 86.5 Å². The third kappa shape index (κ3) is 4.67. The summed E-state index contributed by atoms with van der Waals surface area (Å²) in [5.41, 5.74) is 2.12. The summed E-state index contributed by atoms with van der Waals surface area (Å²) < 4.78 is 22.5. The van der Waals surface area contributed by atoms with E-state index in [0.717, 1.165) is 5.69 Å². The third-order valence-electron chi connectivity index (χ3n) is 6.59. The Hall–Kier alpha value is -2.69. The van der Waals surface area contributed by atoms with Crippen LogP contribution in [0.25, 0.3) is 5.71 Å². The van der Waals surface area contributed by atoms with Gasteiger partial charge in [-0.25, -0.2) is 9.31 Å². The quantitative estimate of drug-likeness (QED) is 0.0933. The molecular weight excluding hydrogens is 623 g/mol. The van der Waals surface area contributed by atoms with Gasteiger partial charge < -0.3 is 18.6 Å². The zero-order valence-electron chi connectivity index (χ0n) is 21.2. The molecule has 0 spiro atoms. The number of fused-ring (bicyclic) bond motifs is 4. The van der Waals surface area contributed by atoms with Crippen molar-refractivity contribution < 1.29 is 37.9 Å². The smallest absolute Gasteiger partial charge is 0.355 e. The minimum absolute atomic E-state index is 0. The van der Waals surface area contributed by atoms with Crippen LogP contribution in [0.3, 0.4) is 0 Å². The summed E-state index contributed by atoms with van der Waals surface area (Å²) >= 11 is 4.74. The molecular formula is C24H19BrN4NaO9S. The summed E-state index contributed by atoms with van der Waals surface area (Å²) in [6.45, 7) is 1.97. The molecule has 3 aliphatic rings. The van der Waals surface area contributed by atoms with Gasteiger partial charge in [-0.3, -0.25) is 24.6 Å². The van der Waals surface area contributed by atoms with Crippen LogP contribution in [0.1, 0.15) is 35.7 Å². The molecule has 1 saturated heterocycles. The summed E-state index contributed by atoms with van der Waals surface area (Å²) in [6.07, 6.45) is -0.507. The van der Waals surface area contributed by atoms with E-state index >= 15 is 0 Å². The maximum absolute atomic E-state index is 13.5. The first-order chi connectivity index (χ1) is 18.7. The van der Waals surface area contributed by atoms with Crippen molar-refractivity contribution in [2.75, 3.05) is 6.61 Å². The first kappa shape index (κ1) is 28.8. The van der Waals surface area contributed by atoms with E-state index in [9.17, 15) is 24.5 Å². The number of carbonyl (C=O) groups excluding carboxylic acids is 3. The summed E-state index contributed by atoms with van der Waals surface area (Å²) in [5, 5.41) is 16.3. The molecule has 2 unspecified atom stereocenters. The van der Waals surface area contributed by atoms with E-state index in [4.69, 9.17) is 18.6 Å². The maximum Gasteiger partial charge on any atom is 0.355 e. The van der Waals surface area contributed by atoms with Gasteiger partial charge in [-0.2, -0.15) is 5.10 Å². The molecule has 1 fully saturated rings. The summed E-state index contributed by atoms with van der Waals surface area (Å²) in [5.74, 6) is -1.17. The molecule has 1 amide bonds. The molecule has 3 aliphatic heterocycles. The fourth-order valence-corrected chi connectivity index (χ4v) is 6.99. The number of esters is 2. The normalized spacial score (nSPS) is 21.9. The van der Waals surface area contributed by atoms with Gasteiger partial charge in [-0.05, 0) is 17.7 Å². The number of non-ortho nitro benzene ring substituents is 1. The molecule has 1 aromatic carbocycles. The number of hydrogen-bond donors (Lipinski definition) is 0. The molecule has 1 radical (unpaired) electrons. The van der Waals surface area contributed by atoms with Crippen LogP contribution in [0.15, 0.2) is 45.9 Å². The number of ether oxygens (including phenoxy) is 3. The van der Waals surface area contributed by atoms with E-state index in [1.54, 1.807) is 10.6 Å². The summed E-state index contributed by atoms with van der Waals surface area (Å²) in [6, 6.07) is 7.22. The number of thioether (sulfide) groups is 1. The average Bonchev–Trinajstić information content (AvgIpc) is 3.62. The zero-order valence-corrected chi connectivity index (χ0v) is 25.6. The summed E-state index contributed by atoms with van der Waals surface area (Å²) in [7, 11) is 0. The van der Waals surface area contributed by atoms with Gasteiger partial charge in [-0.1, -0.05) is 15.9 Å². The molecule has 0 aliphatic carbocycles. The Morgan fingerprint density at radius 2 is 2.10 bits per heavy atom. The van der Waals surface area contributed by atoms with Crippen LogP contribution >= 0.6 is 27.7 Å². The molecule has 3 atom stereocenters. The number of aromatic nitrogens is 2. The Labute approximate surface area is 260 Å². The van der Waals surface area contributed by atoms with Crippen molar-refractivity contribution in [3.8, 4) is 0 Å². The predicted octanol–water partition coefficient (Wildman–Crippen LogP) is 2.77. The molecule has 5 heterocycles. The number of benzene rings is 1. The number of alkyl halides is 1. The minimum atomic E-state index is -1.40. The second-order valence-corrected chi connectivity index (χ2v) is 11.3. The summed E-state index contributed by atoms with van der Waals surface area (Å²) in [4.78, 5) is 50.0. The van der Waals surface area contributed by atoms with Crippen LogP contribution in [0.2, 0.25) is 0 Å². The van der Waals surface area contributed by atoms with Gasteiger partial charge in [-0.15, -0.1) is 11.8 Å². The van der Waals surface area contributed by atoms with Crippen LogP contribution in [-0.2, 0) is 48.2 Å². The van der Waals surface area contributed by atoms with E-state index in [1.807, 2.05) is 0 Å². The van der Waals surface area contributed by atoms with E-state index in [1.165, 1.54) is 53.3 Å². The molecule has 2 aromatic heterocycles. The van der Waals surface area contributed by atoms with Crippen molar-refractivity contribution in [2.45, 2.75) is 42.4 Å². The molecule has 0 N–H and O–H groups in total. The van der Waals surface area contributed by atoms with Gasteiger partial charge in [0.25, 0.3) is 11.6 Å². The molecule has 0 bridgehead atoms. The standard InChI is InChI=1S/C24H19BrN4O9S.Na/c1-12(30)37-20(15-8-19-28(26-15)16-6-7-35-10-18(16)38-19)24(25)22(32)27-17(11-39-23(24)27)21(31)36-9-13-2-4-14(5-3-13)29(33)34;/h2-5,8,11,20,23H,6-7,9-10H2,1H3;/t20?,23-,24?;/m1./s1. The van der Waals surface area contributed by atoms with Gasteiger partial charge in [0.05, 0.1) is 17.2 Å². The first-order valence-corrected chi connectivity index (χ1v) is 13.5. The van der Waals surface area contributed by atoms with E-state index in [-0.39, 0.29) is 47.5 Å². The zero-order chi connectivity index (χ0) is 27.5. The van der Waals surface area contributed by atoms with Gasteiger partial charge in [0, 0.05) is 66.5 Å². The number of halogens is 1. The Kier molecular flexibility index (Phi) is 7.89. The van der Waals surface area contributed by atoms with E-state index < -0.39 is 38.6 Å². The molecule has 13 nitrogen and oxygen atoms in total. The van der Waals surface area contributed by atoms with Crippen molar-refractivity contribution in [3.05, 3.63) is 74.3 Å². The Morgan fingerprint density at radius 1 is 1.35 bits per heavy atom. The maximum atomic E-state index is 13.5. The molecule has 203 valence electrons. The van der Waals surface area contributed by atoms with Gasteiger partial charge in [0.1, 0.15) is 30.0 Å². The third-order valence-corrected chi connectivity index (χ3v) is 9.28. The Bertz CT molecular complexity index is 1570. The van der Waals surface area contributed by atoms with Crippen LogP contribution in [0, 0.1) is 10.1 Å². The topological polar surface area (TPSA) is 156 Å². The average molecular weight is 642 g/mol. The number of rotatable bonds is 7. The SMILES string of the molecule is CC(=O)OC(c1cc2oc3c(n2n1)CCOC3)C1(Br)C(=O)N2C(C(=O)OCc3ccc([N+](=O)[O-])cc3)=CS[C@@H]21.[Na]. The van der Waals surface area contributed by atoms with Gasteiger partial charge >= 0.3 is 11.9 Å². The van der Waals surface area contributed by atoms with Crippen LogP contribution in [-0.4, -0.2) is 83.1 Å². The van der Waals surface area contributed by atoms with Crippen molar-refractivity contribution in [1.29, 1.82) is 0 Å². The fourth-order valence-electron chi connectivity index (χ4n) is 4.72. The molecule has 16 heteroatoms. The number of nitrogens with zero attached hydrogens (tertiary/aromatic N) is 4. The molecule has 40 heavy (non-hydrogen) atoms. The van der Waals surface area contributed by atoms with Crippen LogP contribution < -0.4 is 0 Å². The largest absolute Gasteiger partial charge is 0.456 e. The number of carbonyl (C=O) groups is 3. The van der Waals surface area contributed by atoms with Crippen molar-refractivity contribution in [2.24, 2.45) is 0 Å². The molecule has 3 aromatic rings. The monoisotopic (exact) mass is 641 g/mol. The van der Waals surface area contributed by atoms with Crippen molar-refractivity contribution in [3.63, 3.8) is 0 Å². The number of nitro groups is 1. The second-order valence-electron chi connectivity index (χ2n) is 9.02. The molecule has 0 saturated carbocycles. The van der Waals surface area contributed by atoms with E-state index in [2.05, 4.69) is 21.0 Å². The van der Waals surface area contributed by atoms with Crippen LogP contribution in [0.5, 0.6) is 0 Å². The first-order valence-electron chi connectivity index (χ1n) is 11.7. The fraction of sp³-hybridized carbons (Fsp3) is 0.333. The van der Waals surface area contributed by atoms with Gasteiger partial charge in [0.2, 0.25) is 5.71 Å². The number of β-lactam (4-membered cyclic amide) rings is 1. The second kappa shape index (κ2) is 10.9. The molecule has 6 rings (SSSR count). The Balaban J connectivity index is 0.00000323. The number of oxazole rings is 1. The van der Waals surface area contributed by atoms with Gasteiger partial charge in [0.15, 0.2) is 16.2 Å². The Morgan fingerprint density at radius 3 is 2.80 bits per heavy atom. The van der Waals surface area contributed by atoms with Crippen molar-refractivity contribution in [1.82, 2.24) is 14.5 Å². The number of hydrogen-bond acceptors (Lipinski definition) is 11. The number of nitro benzene ring substituents is 1. The van der Waals surface area contributed by atoms with E-state index in [0.29, 0.717) is 42.4 Å².